The molecule has 1 aliphatic heterocycles. The number of aliphatic imine (C=N–C) groups is 1. The molecule has 0 bridgehead atoms. The molecule has 0 radical (unpaired) electrons. The van der Waals surface area contributed by atoms with Crippen molar-refractivity contribution in [3.8, 4) is 0 Å². The second-order valence-electron chi connectivity index (χ2n) is 6.00. The van der Waals surface area contributed by atoms with Gasteiger partial charge in [0.15, 0.2) is 5.96 Å². The minimum atomic E-state index is -0.186. The molecular weight excluding hydrogens is 325 g/mol. The summed E-state index contributed by atoms with van der Waals surface area (Å²) in [7, 11) is 0. The third-order valence-electron chi connectivity index (χ3n) is 4.30. The van der Waals surface area contributed by atoms with Gasteiger partial charge in [-0.15, -0.1) is 0 Å². The first-order valence-electron chi connectivity index (χ1n) is 8.57. The normalized spacial score (nSPS) is 17.5. The van der Waals surface area contributed by atoms with Crippen molar-refractivity contribution < 1.29 is 9.13 Å². The Kier molecular flexibility index (Phi) is 7.85. The average molecular weight is 354 g/mol. The van der Waals surface area contributed by atoms with Crippen LogP contribution in [-0.2, 0) is 11.2 Å². The fourth-order valence-corrected chi connectivity index (χ4v) is 3.52. The summed E-state index contributed by atoms with van der Waals surface area (Å²) in [4.78, 5) is 4.77. The highest BCUT2D eigenvalue weighted by atomic mass is 32.2. The molecule has 0 aliphatic carbocycles. The van der Waals surface area contributed by atoms with Gasteiger partial charge in [0.2, 0.25) is 0 Å². The summed E-state index contributed by atoms with van der Waals surface area (Å²) in [6.45, 7) is 6.03. The minimum absolute atomic E-state index is 0.184. The van der Waals surface area contributed by atoms with Crippen LogP contribution in [0.4, 0.5) is 4.39 Å². The lowest BCUT2D eigenvalue weighted by atomic mass is 9.99. The van der Waals surface area contributed by atoms with Gasteiger partial charge in [-0.1, -0.05) is 12.1 Å². The van der Waals surface area contributed by atoms with Crippen LogP contribution in [0.3, 0.4) is 0 Å². The Bertz CT molecular complexity index is 533. The largest absolute Gasteiger partial charge is 0.381 e. The van der Waals surface area contributed by atoms with Crippen molar-refractivity contribution in [3.05, 3.63) is 35.6 Å². The van der Waals surface area contributed by atoms with E-state index in [9.17, 15) is 4.39 Å². The second-order valence-corrected chi connectivity index (χ2v) is 7.28. The van der Waals surface area contributed by atoms with Gasteiger partial charge in [-0.3, -0.25) is 4.99 Å². The Hall–Kier alpha value is -1.27. The summed E-state index contributed by atoms with van der Waals surface area (Å²) in [5, 5.41) is 6.63. The highest BCUT2D eigenvalue weighted by molar-refractivity contribution is 8.00. The van der Waals surface area contributed by atoms with Crippen molar-refractivity contribution in [2.45, 2.75) is 30.9 Å². The molecule has 1 fully saturated rings. The first-order valence-corrected chi connectivity index (χ1v) is 9.79. The third kappa shape index (κ3) is 5.98. The zero-order valence-corrected chi connectivity index (χ0v) is 15.4. The van der Waals surface area contributed by atoms with Gasteiger partial charge in [0.25, 0.3) is 0 Å². The minimum Gasteiger partial charge on any atom is -0.381 e. The standard InChI is InChI=1S/C18H28FN3OS/c1-3-20-17(21-10-7-15-5-4-6-16(19)13-15)22-14-18(24-2)8-11-23-12-9-18/h4-6,13H,3,7-12,14H2,1-2H3,(H2,20,21,22). The maximum Gasteiger partial charge on any atom is 0.191 e. The lowest BCUT2D eigenvalue weighted by Gasteiger charge is -2.34. The van der Waals surface area contributed by atoms with Crippen molar-refractivity contribution >= 4 is 17.7 Å². The zero-order chi connectivity index (χ0) is 17.3. The Balaban J connectivity index is 1.88. The van der Waals surface area contributed by atoms with E-state index in [0.29, 0.717) is 0 Å². The lowest BCUT2D eigenvalue weighted by Crippen LogP contribution is -2.41. The molecule has 0 saturated carbocycles. The van der Waals surface area contributed by atoms with E-state index in [1.165, 1.54) is 6.07 Å². The van der Waals surface area contributed by atoms with Crippen LogP contribution in [-0.4, -0.2) is 49.8 Å². The number of rotatable bonds is 7. The molecule has 24 heavy (non-hydrogen) atoms. The predicted octanol–water partition coefficient (Wildman–Crippen LogP) is 2.84. The van der Waals surface area contributed by atoms with Gasteiger partial charge in [-0.25, -0.2) is 4.39 Å². The SMILES string of the molecule is CCNC(=NCC1(SC)CCOCC1)NCCc1cccc(F)c1. The van der Waals surface area contributed by atoms with E-state index in [2.05, 4.69) is 23.8 Å². The van der Waals surface area contributed by atoms with Crippen molar-refractivity contribution in [1.29, 1.82) is 0 Å². The first-order chi connectivity index (χ1) is 11.7. The van der Waals surface area contributed by atoms with Crippen molar-refractivity contribution in [3.63, 3.8) is 0 Å². The van der Waals surface area contributed by atoms with E-state index in [1.54, 1.807) is 12.1 Å². The number of thioether (sulfide) groups is 1. The molecule has 0 unspecified atom stereocenters. The summed E-state index contributed by atoms with van der Waals surface area (Å²) >= 11 is 1.89. The van der Waals surface area contributed by atoms with E-state index < -0.39 is 0 Å². The second kappa shape index (κ2) is 9.89. The lowest BCUT2D eigenvalue weighted by molar-refractivity contribution is 0.0794. The maximum absolute atomic E-state index is 13.2. The first kappa shape index (κ1) is 19.1. The third-order valence-corrected chi connectivity index (χ3v) is 5.71. The van der Waals surface area contributed by atoms with E-state index in [0.717, 1.165) is 63.6 Å². The molecule has 0 amide bonds. The Morgan fingerprint density at radius 3 is 2.79 bits per heavy atom. The fourth-order valence-electron chi connectivity index (χ4n) is 2.75. The van der Waals surface area contributed by atoms with Gasteiger partial charge in [-0.05, 0) is 50.1 Å². The van der Waals surface area contributed by atoms with Crippen LogP contribution in [0.2, 0.25) is 0 Å². The molecule has 1 saturated heterocycles. The highest BCUT2D eigenvalue weighted by Gasteiger charge is 2.31. The van der Waals surface area contributed by atoms with Crippen molar-refractivity contribution in [2.24, 2.45) is 4.99 Å². The molecule has 0 spiro atoms. The van der Waals surface area contributed by atoms with Crippen LogP contribution in [0.1, 0.15) is 25.3 Å². The Labute approximate surface area is 148 Å². The number of halogens is 1. The Morgan fingerprint density at radius 1 is 1.33 bits per heavy atom. The molecule has 0 atom stereocenters. The number of hydrogen-bond acceptors (Lipinski definition) is 3. The molecule has 6 heteroatoms. The molecule has 1 aliphatic rings. The van der Waals surface area contributed by atoms with Gasteiger partial charge in [0.05, 0.1) is 6.54 Å². The molecule has 0 aromatic heterocycles. The predicted molar refractivity (Wildman–Crippen MR) is 100 cm³/mol. The number of nitrogens with one attached hydrogen (secondary N) is 2. The van der Waals surface area contributed by atoms with Crippen LogP contribution in [0.15, 0.2) is 29.3 Å². The van der Waals surface area contributed by atoms with Crippen LogP contribution in [0.5, 0.6) is 0 Å². The molecule has 2 rings (SSSR count). The summed E-state index contributed by atoms with van der Waals surface area (Å²) in [5.41, 5.74) is 0.989. The van der Waals surface area contributed by atoms with Gasteiger partial charge in [0.1, 0.15) is 5.82 Å². The molecule has 1 aromatic carbocycles. The summed E-state index contributed by atoms with van der Waals surface area (Å²) < 4.78 is 18.9. The topological polar surface area (TPSA) is 45.7 Å². The summed E-state index contributed by atoms with van der Waals surface area (Å²) in [6.07, 6.45) is 5.01. The zero-order valence-electron chi connectivity index (χ0n) is 14.6. The van der Waals surface area contributed by atoms with Crippen LogP contribution >= 0.6 is 11.8 Å². The Morgan fingerprint density at radius 2 is 2.12 bits per heavy atom. The number of benzene rings is 1. The number of hydrogen-bond donors (Lipinski definition) is 2. The average Bonchev–Trinajstić information content (AvgIpc) is 2.60. The molecule has 4 nitrogen and oxygen atoms in total. The number of guanidine groups is 1. The van der Waals surface area contributed by atoms with Crippen LogP contribution < -0.4 is 10.6 Å². The fraction of sp³-hybridized carbons (Fsp3) is 0.611. The summed E-state index contributed by atoms with van der Waals surface area (Å²) in [6, 6.07) is 6.74. The van der Waals surface area contributed by atoms with Gasteiger partial charge >= 0.3 is 0 Å². The number of ether oxygens (including phenoxy) is 1. The molecule has 2 N–H and O–H groups in total. The van der Waals surface area contributed by atoms with Gasteiger partial charge in [0, 0.05) is 31.1 Å². The quantitative estimate of drug-likeness (QED) is 0.584. The monoisotopic (exact) mass is 353 g/mol. The van der Waals surface area contributed by atoms with Crippen LogP contribution in [0, 0.1) is 5.82 Å². The van der Waals surface area contributed by atoms with E-state index in [4.69, 9.17) is 9.73 Å². The summed E-state index contributed by atoms with van der Waals surface area (Å²) in [5.74, 6) is 0.642. The maximum atomic E-state index is 13.2. The van der Waals surface area contributed by atoms with E-state index >= 15 is 0 Å². The van der Waals surface area contributed by atoms with E-state index in [1.807, 2.05) is 17.8 Å². The molecule has 1 heterocycles. The molecular formula is C18H28FN3OS. The van der Waals surface area contributed by atoms with Crippen molar-refractivity contribution in [1.82, 2.24) is 10.6 Å². The van der Waals surface area contributed by atoms with Crippen LogP contribution in [0.25, 0.3) is 0 Å². The molecule has 1 aromatic rings. The van der Waals surface area contributed by atoms with Gasteiger partial charge < -0.3 is 15.4 Å². The van der Waals surface area contributed by atoms with Gasteiger partial charge in [-0.2, -0.15) is 11.8 Å². The van der Waals surface area contributed by atoms with E-state index in [-0.39, 0.29) is 10.6 Å². The molecule has 134 valence electrons. The van der Waals surface area contributed by atoms with Crippen molar-refractivity contribution in [2.75, 3.05) is 39.1 Å². The highest BCUT2D eigenvalue weighted by Crippen LogP contribution is 2.33. The number of nitrogens with zero attached hydrogens (tertiary/aromatic N) is 1. The smallest absolute Gasteiger partial charge is 0.191 e.